The van der Waals surface area contributed by atoms with Crippen LogP contribution in [0.1, 0.15) is 0 Å². The standard InChI is InChI=1S/C19H20N2O5/c20-15-10-23-18-16(11-24-17(15)18)26-19(22)21-12-6-8-14(9-7-12)25-13-4-2-1-3-5-13/h1-9,15-18H,10-11,20H2,(H,21,22)/p+1/t15-,16+,17+,18+/m0/s1. The highest BCUT2D eigenvalue weighted by molar-refractivity contribution is 5.84. The lowest BCUT2D eigenvalue weighted by molar-refractivity contribution is -0.430. The van der Waals surface area contributed by atoms with Crippen molar-refractivity contribution in [2.24, 2.45) is 0 Å². The number of para-hydroxylation sites is 1. The van der Waals surface area contributed by atoms with Crippen LogP contribution in [0.25, 0.3) is 0 Å². The van der Waals surface area contributed by atoms with Gasteiger partial charge in [-0.3, -0.25) is 5.32 Å². The predicted molar refractivity (Wildman–Crippen MR) is 93.0 cm³/mol. The van der Waals surface area contributed by atoms with Crippen molar-refractivity contribution in [2.75, 3.05) is 18.5 Å². The van der Waals surface area contributed by atoms with Crippen molar-refractivity contribution in [3.8, 4) is 11.5 Å². The Hall–Kier alpha value is -2.61. The largest absolute Gasteiger partial charge is 0.457 e. The minimum Gasteiger partial charge on any atom is -0.457 e. The molecule has 2 aromatic rings. The summed E-state index contributed by atoms with van der Waals surface area (Å²) in [5.41, 5.74) is 4.60. The molecule has 0 spiro atoms. The number of anilines is 1. The second-order valence-electron chi connectivity index (χ2n) is 6.36. The number of benzene rings is 2. The van der Waals surface area contributed by atoms with Crippen molar-refractivity contribution < 1.29 is 29.5 Å². The molecule has 0 unspecified atom stereocenters. The molecule has 7 heteroatoms. The van der Waals surface area contributed by atoms with E-state index in [0.29, 0.717) is 24.7 Å². The zero-order chi connectivity index (χ0) is 17.9. The van der Waals surface area contributed by atoms with Gasteiger partial charge < -0.3 is 24.7 Å². The molecule has 2 saturated heterocycles. The van der Waals surface area contributed by atoms with Gasteiger partial charge in [-0.25, -0.2) is 4.79 Å². The van der Waals surface area contributed by atoms with E-state index in [1.807, 2.05) is 30.3 Å². The normalized spacial score (nSPS) is 27.0. The summed E-state index contributed by atoms with van der Waals surface area (Å²) in [5, 5.41) is 2.71. The van der Waals surface area contributed by atoms with Crippen molar-refractivity contribution >= 4 is 11.8 Å². The first kappa shape index (κ1) is 16.8. The molecule has 0 bridgehead atoms. The zero-order valence-electron chi connectivity index (χ0n) is 14.2. The fraction of sp³-hybridized carbons (Fsp3) is 0.316. The van der Waals surface area contributed by atoms with Crippen LogP contribution in [0.3, 0.4) is 0 Å². The fourth-order valence-electron chi connectivity index (χ4n) is 3.16. The number of amides is 1. The molecule has 26 heavy (non-hydrogen) atoms. The minimum absolute atomic E-state index is 0.0776. The van der Waals surface area contributed by atoms with Gasteiger partial charge in [-0.05, 0) is 36.4 Å². The van der Waals surface area contributed by atoms with Gasteiger partial charge in [0.1, 0.15) is 36.4 Å². The lowest BCUT2D eigenvalue weighted by Gasteiger charge is -2.16. The molecule has 7 nitrogen and oxygen atoms in total. The molecule has 1 amide bonds. The van der Waals surface area contributed by atoms with E-state index in [9.17, 15) is 4.79 Å². The lowest BCUT2D eigenvalue weighted by Crippen LogP contribution is -2.66. The van der Waals surface area contributed by atoms with Gasteiger partial charge in [0, 0.05) is 5.69 Å². The van der Waals surface area contributed by atoms with Gasteiger partial charge in [0.2, 0.25) is 0 Å². The van der Waals surface area contributed by atoms with Crippen LogP contribution < -0.4 is 15.8 Å². The second-order valence-corrected chi connectivity index (χ2v) is 6.36. The van der Waals surface area contributed by atoms with E-state index in [0.717, 1.165) is 5.75 Å². The number of hydrogen-bond acceptors (Lipinski definition) is 5. The van der Waals surface area contributed by atoms with Crippen LogP contribution >= 0.6 is 0 Å². The lowest BCUT2D eigenvalue weighted by atomic mass is 10.1. The third-order valence-corrected chi connectivity index (χ3v) is 4.45. The SMILES string of the molecule is [NH3+][C@H]1CO[C@H]2[C@@H]1OC[C@H]2OC(=O)Nc1ccc(Oc2ccccc2)cc1. The number of carbonyl (C=O) groups is 1. The van der Waals surface area contributed by atoms with Crippen LogP contribution in [0, 0.1) is 0 Å². The average molecular weight is 357 g/mol. The first-order valence-corrected chi connectivity index (χ1v) is 8.56. The highest BCUT2D eigenvalue weighted by Crippen LogP contribution is 2.28. The zero-order valence-corrected chi connectivity index (χ0v) is 14.2. The van der Waals surface area contributed by atoms with Gasteiger partial charge in [-0.1, -0.05) is 18.2 Å². The number of fused-ring (bicyclic) bond motifs is 1. The Morgan fingerprint density at radius 1 is 0.962 bits per heavy atom. The van der Waals surface area contributed by atoms with E-state index in [1.54, 1.807) is 24.3 Å². The van der Waals surface area contributed by atoms with Gasteiger partial charge in [-0.15, -0.1) is 0 Å². The van der Waals surface area contributed by atoms with E-state index < -0.39 is 12.2 Å². The number of hydrogen-bond donors (Lipinski definition) is 2. The van der Waals surface area contributed by atoms with Gasteiger partial charge in [0.15, 0.2) is 6.10 Å². The maximum Gasteiger partial charge on any atom is 0.412 e. The summed E-state index contributed by atoms with van der Waals surface area (Å²) < 4.78 is 22.4. The van der Waals surface area contributed by atoms with Crippen molar-refractivity contribution in [1.29, 1.82) is 0 Å². The van der Waals surface area contributed by atoms with Crippen LogP contribution in [-0.4, -0.2) is 43.7 Å². The van der Waals surface area contributed by atoms with Crippen molar-refractivity contribution in [2.45, 2.75) is 24.4 Å². The smallest absolute Gasteiger partial charge is 0.412 e. The summed E-state index contributed by atoms with van der Waals surface area (Å²) in [6.07, 6.45) is -1.27. The quantitative estimate of drug-likeness (QED) is 0.870. The molecule has 2 fully saturated rings. The van der Waals surface area contributed by atoms with Gasteiger partial charge in [-0.2, -0.15) is 0 Å². The van der Waals surface area contributed by atoms with Crippen LogP contribution in [0.2, 0.25) is 0 Å². The maximum atomic E-state index is 12.1. The number of carbonyl (C=O) groups excluding carboxylic acids is 1. The van der Waals surface area contributed by atoms with Gasteiger partial charge in [0.25, 0.3) is 0 Å². The van der Waals surface area contributed by atoms with E-state index >= 15 is 0 Å². The maximum absolute atomic E-state index is 12.1. The molecule has 2 aliphatic rings. The highest BCUT2D eigenvalue weighted by Gasteiger charge is 2.50. The Bertz CT molecular complexity index is 752. The fourth-order valence-corrected chi connectivity index (χ4v) is 3.16. The number of ether oxygens (including phenoxy) is 4. The summed E-state index contributed by atoms with van der Waals surface area (Å²) in [7, 11) is 0. The number of rotatable bonds is 4. The molecule has 2 aliphatic heterocycles. The van der Waals surface area contributed by atoms with Gasteiger partial charge >= 0.3 is 6.09 Å². The van der Waals surface area contributed by atoms with E-state index in [2.05, 4.69) is 11.1 Å². The molecule has 0 aliphatic carbocycles. The molecule has 2 heterocycles. The topological polar surface area (TPSA) is 93.7 Å². The molecule has 4 atom stereocenters. The van der Waals surface area contributed by atoms with Crippen LogP contribution in [-0.2, 0) is 14.2 Å². The molecule has 4 N–H and O–H groups in total. The van der Waals surface area contributed by atoms with E-state index in [-0.39, 0.29) is 18.2 Å². The Balaban J connectivity index is 1.30. The first-order valence-electron chi connectivity index (χ1n) is 8.56. The van der Waals surface area contributed by atoms with Crippen molar-refractivity contribution in [1.82, 2.24) is 0 Å². The summed E-state index contributed by atoms with van der Waals surface area (Å²) in [6.45, 7) is 0.859. The monoisotopic (exact) mass is 357 g/mol. The average Bonchev–Trinajstić information content (AvgIpc) is 3.21. The molecule has 136 valence electrons. The third-order valence-electron chi connectivity index (χ3n) is 4.45. The molecular weight excluding hydrogens is 336 g/mol. The predicted octanol–water partition coefficient (Wildman–Crippen LogP) is 1.80. The van der Waals surface area contributed by atoms with Crippen molar-refractivity contribution in [3.05, 3.63) is 54.6 Å². The number of quaternary nitrogens is 1. The molecule has 4 rings (SSSR count). The molecule has 2 aromatic carbocycles. The van der Waals surface area contributed by atoms with Gasteiger partial charge in [0.05, 0.1) is 6.61 Å². The molecule has 0 aromatic heterocycles. The summed E-state index contributed by atoms with van der Waals surface area (Å²) in [5.74, 6) is 1.44. The third kappa shape index (κ3) is 3.65. The Morgan fingerprint density at radius 3 is 2.42 bits per heavy atom. The first-order chi connectivity index (χ1) is 12.7. The Morgan fingerprint density at radius 2 is 1.65 bits per heavy atom. The van der Waals surface area contributed by atoms with E-state index in [4.69, 9.17) is 18.9 Å². The second kappa shape index (κ2) is 7.33. The summed E-state index contributed by atoms with van der Waals surface area (Å²) in [6, 6.07) is 16.6. The van der Waals surface area contributed by atoms with Crippen LogP contribution in [0.5, 0.6) is 11.5 Å². The van der Waals surface area contributed by atoms with Crippen LogP contribution in [0.15, 0.2) is 54.6 Å². The van der Waals surface area contributed by atoms with Crippen LogP contribution in [0.4, 0.5) is 10.5 Å². The Kier molecular flexibility index (Phi) is 4.75. The number of nitrogens with one attached hydrogen (secondary N) is 1. The minimum atomic E-state index is -0.535. The summed E-state index contributed by atoms with van der Waals surface area (Å²) in [4.78, 5) is 12.1. The molecule has 0 radical (unpaired) electrons. The molecule has 0 saturated carbocycles. The molecular formula is C19H21N2O5+. The van der Waals surface area contributed by atoms with E-state index in [1.165, 1.54) is 0 Å². The highest BCUT2D eigenvalue weighted by atomic mass is 16.6. The summed E-state index contributed by atoms with van der Waals surface area (Å²) >= 11 is 0. The Labute approximate surface area is 151 Å². The van der Waals surface area contributed by atoms with Crippen molar-refractivity contribution in [3.63, 3.8) is 0 Å².